The molecule has 1 saturated heterocycles. The molecule has 1 atom stereocenters. The summed E-state index contributed by atoms with van der Waals surface area (Å²) in [6.45, 7) is 2.78. The second-order valence-electron chi connectivity index (χ2n) is 7.03. The third-order valence-electron chi connectivity index (χ3n) is 5.61. The molecule has 3 aliphatic rings. The molecule has 4 nitrogen and oxygen atoms in total. The highest BCUT2D eigenvalue weighted by Crippen LogP contribution is 2.39. The number of carbonyl (C=O) groups is 2. The summed E-state index contributed by atoms with van der Waals surface area (Å²) in [4.78, 5) is 26.9. The van der Waals surface area contributed by atoms with E-state index in [1.165, 1.54) is 25.7 Å². The van der Waals surface area contributed by atoms with Crippen LogP contribution in [0.1, 0.15) is 64.7 Å². The van der Waals surface area contributed by atoms with Crippen molar-refractivity contribution in [2.24, 2.45) is 5.92 Å². The molecule has 4 heteroatoms. The molecule has 0 spiro atoms. The van der Waals surface area contributed by atoms with E-state index < -0.39 is 0 Å². The van der Waals surface area contributed by atoms with Gasteiger partial charge in [-0.3, -0.25) is 9.59 Å². The standard InChI is InChI=1S/C16H26N2O2/c1-16(9-5-10-16)18-11-8-13(19)17-14(15(18)20)12-6-3-2-4-7-12/h12,14H,2-11H2,1H3,(H,17,19). The van der Waals surface area contributed by atoms with Crippen molar-refractivity contribution < 1.29 is 9.59 Å². The minimum Gasteiger partial charge on any atom is -0.344 e. The lowest BCUT2D eigenvalue weighted by molar-refractivity contribution is -0.143. The molecule has 2 amide bonds. The van der Waals surface area contributed by atoms with Gasteiger partial charge in [-0.05, 0) is 44.9 Å². The summed E-state index contributed by atoms with van der Waals surface area (Å²) in [5, 5.41) is 3.02. The fourth-order valence-electron chi connectivity index (χ4n) is 4.08. The summed E-state index contributed by atoms with van der Waals surface area (Å²) >= 11 is 0. The normalized spacial score (nSPS) is 31.4. The highest BCUT2D eigenvalue weighted by molar-refractivity contribution is 5.90. The summed E-state index contributed by atoms with van der Waals surface area (Å²) in [6, 6.07) is -0.261. The van der Waals surface area contributed by atoms with Crippen molar-refractivity contribution in [3.05, 3.63) is 0 Å². The Balaban J connectivity index is 1.79. The number of hydrogen-bond acceptors (Lipinski definition) is 2. The zero-order chi connectivity index (χ0) is 14.2. The van der Waals surface area contributed by atoms with E-state index in [0.29, 0.717) is 18.9 Å². The average molecular weight is 278 g/mol. The van der Waals surface area contributed by atoms with Crippen LogP contribution in [-0.2, 0) is 9.59 Å². The summed E-state index contributed by atoms with van der Waals surface area (Å²) in [6.07, 6.45) is 9.67. The van der Waals surface area contributed by atoms with Crippen molar-refractivity contribution >= 4 is 11.8 Å². The van der Waals surface area contributed by atoms with E-state index >= 15 is 0 Å². The Hall–Kier alpha value is -1.06. The zero-order valence-electron chi connectivity index (χ0n) is 12.5. The molecule has 2 aliphatic carbocycles. The van der Waals surface area contributed by atoms with E-state index in [1.807, 2.05) is 4.90 Å². The van der Waals surface area contributed by atoms with Crippen LogP contribution in [0.15, 0.2) is 0 Å². The average Bonchev–Trinajstić information content (AvgIpc) is 2.57. The lowest BCUT2D eigenvalue weighted by Gasteiger charge is -2.48. The molecule has 3 fully saturated rings. The van der Waals surface area contributed by atoms with E-state index in [1.54, 1.807) is 0 Å². The Morgan fingerprint density at radius 1 is 1.10 bits per heavy atom. The van der Waals surface area contributed by atoms with Gasteiger partial charge in [0.1, 0.15) is 6.04 Å². The Morgan fingerprint density at radius 2 is 1.80 bits per heavy atom. The maximum atomic E-state index is 12.9. The highest BCUT2D eigenvalue weighted by atomic mass is 16.2. The lowest BCUT2D eigenvalue weighted by atomic mass is 9.76. The SMILES string of the molecule is CC1(N2CCC(=O)NC(C3CCCCC3)C2=O)CCC1. The number of amides is 2. The molecule has 1 unspecified atom stereocenters. The van der Waals surface area contributed by atoms with Gasteiger partial charge in [-0.25, -0.2) is 0 Å². The van der Waals surface area contributed by atoms with Gasteiger partial charge in [0.05, 0.1) is 0 Å². The Bertz CT molecular complexity index is 397. The Kier molecular flexibility index (Phi) is 3.74. The van der Waals surface area contributed by atoms with Crippen molar-refractivity contribution in [1.29, 1.82) is 0 Å². The third kappa shape index (κ3) is 2.45. The first-order valence-electron chi connectivity index (χ1n) is 8.21. The number of hydrogen-bond donors (Lipinski definition) is 1. The van der Waals surface area contributed by atoms with E-state index in [0.717, 1.165) is 25.7 Å². The van der Waals surface area contributed by atoms with Crippen LogP contribution in [0.3, 0.4) is 0 Å². The summed E-state index contributed by atoms with van der Waals surface area (Å²) in [5.74, 6) is 0.591. The molecular formula is C16H26N2O2. The predicted molar refractivity (Wildman–Crippen MR) is 77.1 cm³/mol. The van der Waals surface area contributed by atoms with Crippen LogP contribution < -0.4 is 5.32 Å². The van der Waals surface area contributed by atoms with Gasteiger partial charge in [-0.15, -0.1) is 0 Å². The van der Waals surface area contributed by atoms with Gasteiger partial charge in [0, 0.05) is 18.5 Å². The maximum Gasteiger partial charge on any atom is 0.245 e. The first kappa shape index (κ1) is 13.9. The topological polar surface area (TPSA) is 49.4 Å². The molecule has 1 heterocycles. The highest BCUT2D eigenvalue weighted by Gasteiger charge is 2.45. The van der Waals surface area contributed by atoms with Gasteiger partial charge in [0.25, 0.3) is 0 Å². The second kappa shape index (κ2) is 5.38. The van der Waals surface area contributed by atoms with Crippen molar-refractivity contribution in [2.45, 2.75) is 76.3 Å². The molecule has 0 radical (unpaired) electrons. The van der Waals surface area contributed by atoms with E-state index in [2.05, 4.69) is 12.2 Å². The number of rotatable bonds is 2. The van der Waals surface area contributed by atoms with E-state index in [-0.39, 0.29) is 23.4 Å². The van der Waals surface area contributed by atoms with Crippen molar-refractivity contribution in [2.75, 3.05) is 6.54 Å². The molecule has 0 aromatic rings. The molecule has 0 aromatic carbocycles. The van der Waals surface area contributed by atoms with Gasteiger partial charge in [0.15, 0.2) is 0 Å². The second-order valence-corrected chi connectivity index (χ2v) is 7.03. The van der Waals surface area contributed by atoms with Crippen LogP contribution >= 0.6 is 0 Å². The monoisotopic (exact) mass is 278 g/mol. The largest absolute Gasteiger partial charge is 0.344 e. The molecule has 0 aromatic heterocycles. The number of carbonyl (C=O) groups excluding carboxylic acids is 2. The van der Waals surface area contributed by atoms with Gasteiger partial charge >= 0.3 is 0 Å². The predicted octanol–water partition coefficient (Wildman–Crippen LogP) is 2.23. The van der Waals surface area contributed by atoms with Crippen LogP contribution in [0, 0.1) is 5.92 Å². The van der Waals surface area contributed by atoms with E-state index in [4.69, 9.17) is 0 Å². The zero-order valence-corrected chi connectivity index (χ0v) is 12.5. The van der Waals surface area contributed by atoms with Gasteiger partial charge in [0.2, 0.25) is 11.8 Å². The third-order valence-corrected chi connectivity index (χ3v) is 5.61. The molecule has 0 bridgehead atoms. The van der Waals surface area contributed by atoms with Crippen molar-refractivity contribution in [3.8, 4) is 0 Å². The fourth-order valence-corrected chi connectivity index (χ4v) is 4.08. The summed E-state index contributed by atoms with van der Waals surface area (Å²) in [7, 11) is 0. The number of nitrogens with zero attached hydrogens (tertiary/aromatic N) is 1. The summed E-state index contributed by atoms with van der Waals surface area (Å²) in [5.41, 5.74) is 0.0102. The van der Waals surface area contributed by atoms with Crippen LogP contribution in [0.25, 0.3) is 0 Å². The first-order chi connectivity index (χ1) is 9.60. The van der Waals surface area contributed by atoms with Gasteiger partial charge in [-0.1, -0.05) is 19.3 Å². The molecule has 3 rings (SSSR count). The maximum absolute atomic E-state index is 12.9. The van der Waals surface area contributed by atoms with Crippen molar-refractivity contribution in [1.82, 2.24) is 10.2 Å². The van der Waals surface area contributed by atoms with Gasteiger partial charge < -0.3 is 10.2 Å². The Morgan fingerprint density at radius 3 is 2.40 bits per heavy atom. The molecule has 2 saturated carbocycles. The van der Waals surface area contributed by atoms with Gasteiger partial charge in [-0.2, -0.15) is 0 Å². The number of nitrogens with one attached hydrogen (secondary N) is 1. The molecule has 1 N–H and O–H groups in total. The van der Waals surface area contributed by atoms with Crippen LogP contribution in [0.2, 0.25) is 0 Å². The molecule has 20 heavy (non-hydrogen) atoms. The minimum absolute atomic E-state index is 0.0102. The van der Waals surface area contributed by atoms with Crippen molar-refractivity contribution in [3.63, 3.8) is 0 Å². The molecule has 112 valence electrons. The van der Waals surface area contributed by atoms with Crippen LogP contribution in [0.4, 0.5) is 0 Å². The fraction of sp³-hybridized carbons (Fsp3) is 0.875. The minimum atomic E-state index is -0.261. The molecule has 1 aliphatic heterocycles. The van der Waals surface area contributed by atoms with Crippen LogP contribution in [-0.4, -0.2) is 34.8 Å². The first-order valence-corrected chi connectivity index (χ1v) is 8.21. The van der Waals surface area contributed by atoms with E-state index in [9.17, 15) is 9.59 Å². The smallest absolute Gasteiger partial charge is 0.245 e. The summed E-state index contributed by atoms with van der Waals surface area (Å²) < 4.78 is 0. The quantitative estimate of drug-likeness (QED) is 0.842. The molecular weight excluding hydrogens is 252 g/mol. The lowest BCUT2D eigenvalue weighted by Crippen LogP contribution is -2.59. The van der Waals surface area contributed by atoms with Crippen LogP contribution in [0.5, 0.6) is 0 Å². The Labute approximate surface area is 121 Å².